The van der Waals surface area contributed by atoms with Gasteiger partial charge in [0.1, 0.15) is 5.75 Å². The zero-order chi connectivity index (χ0) is 19.0. The van der Waals surface area contributed by atoms with Crippen molar-refractivity contribution in [2.45, 2.75) is 51.0 Å². The van der Waals surface area contributed by atoms with E-state index in [1.54, 1.807) is 0 Å². The van der Waals surface area contributed by atoms with Gasteiger partial charge in [-0.2, -0.15) is 0 Å². The minimum Gasteiger partial charge on any atom is -0.341 e. The van der Waals surface area contributed by atoms with Crippen molar-refractivity contribution in [3.05, 3.63) is 35.9 Å². The summed E-state index contributed by atoms with van der Waals surface area (Å²) in [4.78, 5) is 14.6. The molecule has 5 heteroatoms. The average molecular weight is 390 g/mol. The van der Waals surface area contributed by atoms with Crippen LogP contribution in [0.15, 0.2) is 30.3 Å². The van der Waals surface area contributed by atoms with Gasteiger partial charge in [0.2, 0.25) is 5.91 Å². The molecule has 4 fully saturated rings. The molecule has 27 heavy (non-hydrogen) atoms. The third-order valence-electron chi connectivity index (χ3n) is 7.12. The van der Waals surface area contributed by atoms with E-state index < -0.39 is 9.84 Å². The molecule has 4 aliphatic carbocycles. The lowest BCUT2D eigenvalue weighted by molar-refractivity contribution is -0.138. The van der Waals surface area contributed by atoms with Gasteiger partial charge in [0.25, 0.3) is 0 Å². The lowest BCUT2D eigenvalue weighted by atomic mass is 9.54. The molecular weight excluding hydrogens is 358 g/mol. The largest absolute Gasteiger partial charge is 0.341 e. The van der Waals surface area contributed by atoms with Gasteiger partial charge in [-0.3, -0.25) is 4.79 Å². The molecule has 0 aliphatic heterocycles. The number of aryl methyl sites for hydroxylation is 1. The van der Waals surface area contributed by atoms with Gasteiger partial charge in [-0.25, -0.2) is 8.42 Å². The number of hydrogen-bond acceptors (Lipinski definition) is 3. The van der Waals surface area contributed by atoms with Crippen molar-refractivity contribution in [2.75, 3.05) is 18.6 Å². The molecule has 148 valence electrons. The summed E-state index contributed by atoms with van der Waals surface area (Å²) in [5.74, 6) is 2.45. The summed E-state index contributed by atoms with van der Waals surface area (Å²) in [6, 6.07) is 10.2. The van der Waals surface area contributed by atoms with Gasteiger partial charge in [-0.15, -0.1) is 0 Å². The van der Waals surface area contributed by atoms with Crippen molar-refractivity contribution in [2.24, 2.45) is 23.7 Å². The quantitative estimate of drug-likeness (QED) is 0.719. The van der Waals surface area contributed by atoms with Gasteiger partial charge >= 0.3 is 0 Å². The predicted octanol–water partition coefficient (Wildman–Crippen LogP) is 3.32. The Morgan fingerprint density at radius 3 is 2.19 bits per heavy atom. The molecule has 0 spiro atoms. The van der Waals surface area contributed by atoms with E-state index in [-0.39, 0.29) is 23.5 Å². The first-order chi connectivity index (χ1) is 12.9. The second kappa shape index (κ2) is 7.57. The molecule has 0 heterocycles. The van der Waals surface area contributed by atoms with Crippen LogP contribution in [0.3, 0.4) is 0 Å². The highest BCUT2D eigenvalue weighted by atomic mass is 32.2. The van der Waals surface area contributed by atoms with Gasteiger partial charge in [0, 0.05) is 13.1 Å². The SMILES string of the molecule is CN(C(=O)CS(=O)(=O)CCCc1ccccc1)C1C2CC3CC(C2)CC1C3. The summed E-state index contributed by atoms with van der Waals surface area (Å²) in [6.07, 6.45) is 7.63. The van der Waals surface area contributed by atoms with Gasteiger partial charge in [-0.05, 0) is 74.2 Å². The normalized spacial score (nSPS) is 31.8. The summed E-state index contributed by atoms with van der Waals surface area (Å²) in [5.41, 5.74) is 1.14. The second-order valence-corrected chi connectivity index (χ2v) is 11.3. The maximum Gasteiger partial charge on any atom is 0.237 e. The van der Waals surface area contributed by atoms with E-state index >= 15 is 0 Å². The molecule has 0 aromatic heterocycles. The molecule has 4 nitrogen and oxygen atoms in total. The third-order valence-corrected chi connectivity index (χ3v) is 8.72. The zero-order valence-electron chi connectivity index (χ0n) is 16.2. The molecule has 1 aromatic rings. The number of carbonyl (C=O) groups excluding carboxylic acids is 1. The molecule has 4 bridgehead atoms. The van der Waals surface area contributed by atoms with Crippen LogP contribution in [0.5, 0.6) is 0 Å². The third kappa shape index (κ3) is 4.23. The number of nitrogens with zero attached hydrogens (tertiary/aromatic N) is 1. The fourth-order valence-corrected chi connectivity index (χ4v) is 7.51. The second-order valence-electron chi connectivity index (χ2n) is 9.11. The lowest BCUT2D eigenvalue weighted by Crippen LogP contribution is -2.57. The van der Waals surface area contributed by atoms with Crippen molar-refractivity contribution in [3.63, 3.8) is 0 Å². The van der Waals surface area contributed by atoms with Crippen LogP contribution < -0.4 is 0 Å². The first-order valence-corrected chi connectivity index (χ1v) is 12.2. The van der Waals surface area contributed by atoms with E-state index in [0.29, 0.717) is 18.3 Å². The fraction of sp³-hybridized carbons (Fsp3) is 0.682. The van der Waals surface area contributed by atoms with Crippen LogP contribution in [0.4, 0.5) is 0 Å². The molecule has 0 radical (unpaired) electrons. The highest BCUT2D eigenvalue weighted by molar-refractivity contribution is 7.92. The van der Waals surface area contributed by atoms with Crippen LogP contribution in [-0.4, -0.2) is 43.8 Å². The van der Waals surface area contributed by atoms with E-state index in [1.165, 1.54) is 32.1 Å². The van der Waals surface area contributed by atoms with Crippen LogP contribution in [0.2, 0.25) is 0 Å². The first-order valence-electron chi connectivity index (χ1n) is 10.4. The van der Waals surface area contributed by atoms with Crippen molar-refractivity contribution in [3.8, 4) is 0 Å². The Morgan fingerprint density at radius 2 is 1.59 bits per heavy atom. The predicted molar refractivity (Wildman–Crippen MR) is 107 cm³/mol. The number of rotatable bonds is 7. The first kappa shape index (κ1) is 19.0. The van der Waals surface area contributed by atoms with Crippen LogP contribution in [0, 0.1) is 23.7 Å². The van der Waals surface area contributed by atoms with Crippen molar-refractivity contribution >= 4 is 15.7 Å². The van der Waals surface area contributed by atoms with Gasteiger partial charge in [0.15, 0.2) is 9.84 Å². The molecule has 4 saturated carbocycles. The van der Waals surface area contributed by atoms with Crippen LogP contribution in [-0.2, 0) is 21.1 Å². The van der Waals surface area contributed by atoms with Crippen molar-refractivity contribution < 1.29 is 13.2 Å². The Labute approximate surface area is 163 Å². The van der Waals surface area contributed by atoms with Crippen molar-refractivity contribution in [1.29, 1.82) is 0 Å². The summed E-state index contributed by atoms with van der Waals surface area (Å²) < 4.78 is 25.0. The van der Waals surface area contributed by atoms with Gasteiger partial charge in [-0.1, -0.05) is 30.3 Å². The van der Waals surface area contributed by atoms with Gasteiger partial charge < -0.3 is 4.90 Å². The van der Waals surface area contributed by atoms with E-state index in [2.05, 4.69) is 0 Å². The fourth-order valence-electron chi connectivity index (χ4n) is 6.20. The van der Waals surface area contributed by atoms with Crippen LogP contribution in [0.1, 0.15) is 44.1 Å². The van der Waals surface area contributed by atoms with E-state index in [1.807, 2.05) is 42.3 Å². The number of benzene rings is 1. The highest BCUT2D eigenvalue weighted by Crippen LogP contribution is 2.54. The standard InChI is InChI=1S/C22H31NO3S/c1-23(22-19-11-17-10-18(13-19)14-20(22)12-17)21(24)15-27(25,26)9-5-8-16-6-3-2-4-7-16/h2-4,6-7,17-20,22H,5,8-15H2,1H3. The minimum absolute atomic E-state index is 0.0865. The molecule has 1 amide bonds. The number of hydrogen-bond donors (Lipinski definition) is 0. The maximum absolute atomic E-state index is 12.8. The Hall–Kier alpha value is -1.36. The summed E-state index contributed by atoms with van der Waals surface area (Å²) in [6.45, 7) is 0. The smallest absolute Gasteiger partial charge is 0.237 e. The summed E-state index contributed by atoms with van der Waals surface area (Å²) >= 11 is 0. The number of sulfone groups is 1. The topological polar surface area (TPSA) is 54.5 Å². The van der Waals surface area contributed by atoms with Crippen molar-refractivity contribution in [1.82, 2.24) is 4.90 Å². The zero-order valence-corrected chi connectivity index (χ0v) is 17.0. The van der Waals surface area contributed by atoms with E-state index in [4.69, 9.17) is 0 Å². The Kier molecular flexibility index (Phi) is 5.32. The summed E-state index contributed by atoms with van der Waals surface area (Å²) in [7, 11) is -1.51. The maximum atomic E-state index is 12.8. The average Bonchev–Trinajstić information content (AvgIpc) is 2.61. The molecule has 0 N–H and O–H groups in total. The van der Waals surface area contributed by atoms with E-state index in [9.17, 15) is 13.2 Å². The minimum atomic E-state index is -3.35. The molecule has 5 rings (SSSR count). The molecule has 1 aromatic carbocycles. The monoisotopic (exact) mass is 389 g/mol. The summed E-state index contributed by atoms with van der Waals surface area (Å²) in [5, 5.41) is 0. The van der Waals surface area contributed by atoms with Crippen LogP contribution in [0.25, 0.3) is 0 Å². The number of carbonyl (C=O) groups is 1. The lowest BCUT2D eigenvalue weighted by Gasteiger charge is -2.56. The Bertz CT molecular complexity index is 746. The highest BCUT2D eigenvalue weighted by Gasteiger charge is 2.50. The molecular formula is C22H31NO3S. The number of amides is 1. The Morgan fingerprint density at radius 1 is 1.00 bits per heavy atom. The van der Waals surface area contributed by atoms with E-state index in [0.717, 1.165) is 23.8 Å². The molecule has 0 saturated heterocycles. The molecule has 0 atom stereocenters. The molecule has 0 unspecified atom stereocenters. The Balaban J connectivity index is 1.31. The van der Waals surface area contributed by atoms with Gasteiger partial charge in [0.05, 0.1) is 5.75 Å². The molecule has 4 aliphatic rings. The van der Waals surface area contributed by atoms with Crippen LogP contribution >= 0.6 is 0 Å².